The van der Waals surface area contributed by atoms with Crippen molar-refractivity contribution < 1.29 is 13.9 Å². The molecule has 2 aromatic carbocycles. The molecule has 0 spiro atoms. The van der Waals surface area contributed by atoms with Gasteiger partial charge in [-0.1, -0.05) is 53.5 Å². The monoisotopic (exact) mass is 454 g/mol. The molecule has 0 aliphatic rings. The van der Waals surface area contributed by atoms with E-state index in [-0.39, 0.29) is 23.5 Å². The first-order valence-electron chi connectivity index (χ1n) is 8.80. The van der Waals surface area contributed by atoms with Gasteiger partial charge in [0.25, 0.3) is 0 Å². The Labute approximate surface area is 171 Å². The summed E-state index contributed by atoms with van der Waals surface area (Å²) in [6, 6.07) is 9.13. The minimum Gasteiger partial charge on any atom is -0.421 e. The van der Waals surface area contributed by atoms with Crippen molar-refractivity contribution in [2.45, 2.75) is 39.3 Å². The minimum absolute atomic E-state index is 0.0587. The first-order chi connectivity index (χ1) is 13.0. The van der Waals surface area contributed by atoms with E-state index >= 15 is 0 Å². The van der Waals surface area contributed by atoms with Crippen LogP contribution in [0.5, 0.6) is 11.8 Å². The average molecular weight is 456 g/mol. The summed E-state index contributed by atoms with van der Waals surface area (Å²) >= 11 is 9.40. The molecule has 0 aliphatic heterocycles. The Kier molecular flexibility index (Phi) is 6.40. The summed E-state index contributed by atoms with van der Waals surface area (Å²) in [6.07, 6.45) is 2.02. The average Bonchev–Trinajstić information content (AvgIpc) is 2.98. The molecule has 0 radical (unpaired) electrons. The van der Waals surface area contributed by atoms with Crippen molar-refractivity contribution in [3.8, 4) is 11.8 Å². The lowest BCUT2D eigenvalue weighted by Gasteiger charge is -2.16. The third-order valence-electron chi connectivity index (χ3n) is 4.60. The lowest BCUT2D eigenvalue weighted by atomic mass is 9.93. The second-order valence-corrected chi connectivity index (χ2v) is 7.59. The number of nitrogens with zero attached hydrogens (tertiary/aromatic N) is 2. The highest BCUT2D eigenvalue weighted by Crippen LogP contribution is 2.37. The molecule has 1 aromatic heterocycles. The number of aromatic nitrogens is 2. The van der Waals surface area contributed by atoms with Crippen LogP contribution in [0.25, 0.3) is 11.0 Å². The van der Waals surface area contributed by atoms with E-state index in [4.69, 9.17) is 21.1 Å². The number of imidazole rings is 1. The Morgan fingerprint density at radius 3 is 2.63 bits per heavy atom. The molecule has 144 valence electrons. The quantitative estimate of drug-likeness (QED) is 0.389. The van der Waals surface area contributed by atoms with Crippen LogP contribution in [0.4, 0.5) is 4.39 Å². The standard InChI is InChI=1S/C20H21BrClFN2O2/c1-4-12(5-2)14-7-6-8-17-18(14)25(11-26-3)20(24-17)27-19-15(22)9-13(21)10-16(19)23/h6-10,12H,4-5,11H2,1-3H3. The summed E-state index contributed by atoms with van der Waals surface area (Å²) in [6.45, 7) is 4.57. The molecule has 0 saturated carbocycles. The number of halogens is 3. The molecule has 0 unspecified atom stereocenters. The normalized spacial score (nSPS) is 11.5. The highest BCUT2D eigenvalue weighted by atomic mass is 79.9. The molecule has 3 rings (SSSR count). The molecule has 3 aromatic rings. The predicted molar refractivity (Wildman–Crippen MR) is 109 cm³/mol. The highest BCUT2D eigenvalue weighted by Gasteiger charge is 2.21. The van der Waals surface area contributed by atoms with Gasteiger partial charge in [-0.2, -0.15) is 4.98 Å². The van der Waals surface area contributed by atoms with Crippen molar-refractivity contribution in [1.29, 1.82) is 0 Å². The fourth-order valence-electron chi connectivity index (χ4n) is 3.29. The van der Waals surface area contributed by atoms with Gasteiger partial charge in [-0.25, -0.2) is 4.39 Å². The van der Waals surface area contributed by atoms with E-state index in [9.17, 15) is 4.39 Å². The zero-order chi connectivity index (χ0) is 19.6. The number of methoxy groups -OCH3 is 1. The van der Waals surface area contributed by atoms with E-state index in [1.165, 1.54) is 11.6 Å². The molecule has 7 heteroatoms. The molecule has 0 aliphatic carbocycles. The van der Waals surface area contributed by atoms with Gasteiger partial charge in [0, 0.05) is 11.6 Å². The SMILES string of the molecule is CCC(CC)c1cccc2nc(Oc3c(F)cc(Br)cc3Cl)n(COC)c12. The minimum atomic E-state index is -0.564. The summed E-state index contributed by atoms with van der Waals surface area (Å²) in [5.74, 6) is -0.232. The van der Waals surface area contributed by atoms with Gasteiger partial charge in [-0.3, -0.25) is 4.57 Å². The fraction of sp³-hybridized carbons (Fsp3) is 0.350. The van der Waals surface area contributed by atoms with Crippen molar-refractivity contribution in [1.82, 2.24) is 9.55 Å². The van der Waals surface area contributed by atoms with Gasteiger partial charge in [0.05, 0.1) is 16.1 Å². The number of hydrogen-bond acceptors (Lipinski definition) is 3. The summed E-state index contributed by atoms with van der Waals surface area (Å²) in [5.41, 5.74) is 2.90. The topological polar surface area (TPSA) is 36.3 Å². The number of para-hydroxylation sites is 1. The van der Waals surface area contributed by atoms with Crippen molar-refractivity contribution in [2.24, 2.45) is 0 Å². The number of rotatable bonds is 7. The van der Waals surface area contributed by atoms with Crippen molar-refractivity contribution in [2.75, 3.05) is 7.11 Å². The molecular formula is C20H21BrClFN2O2. The second kappa shape index (κ2) is 8.59. The number of hydrogen-bond donors (Lipinski definition) is 0. The summed E-state index contributed by atoms with van der Waals surface area (Å²) in [4.78, 5) is 4.57. The Bertz CT molecular complexity index is 934. The van der Waals surface area contributed by atoms with Gasteiger partial charge >= 0.3 is 6.01 Å². The maximum absolute atomic E-state index is 14.4. The van der Waals surface area contributed by atoms with E-state index < -0.39 is 5.82 Å². The maximum atomic E-state index is 14.4. The number of ether oxygens (including phenoxy) is 2. The van der Waals surface area contributed by atoms with Crippen LogP contribution < -0.4 is 4.74 Å². The zero-order valence-electron chi connectivity index (χ0n) is 15.4. The Morgan fingerprint density at radius 1 is 1.26 bits per heavy atom. The lowest BCUT2D eigenvalue weighted by molar-refractivity contribution is 0.127. The van der Waals surface area contributed by atoms with Crippen LogP contribution in [-0.4, -0.2) is 16.7 Å². The molecule has 1 heterocycles. The molecule has 0 saturated heterocycles. The molecule has 0 fully saturated rings. The Morgan fingerprint density at radius 2 is 2.00 bits per heavy atom. The Hall–Kier alpha value is -1.63. The van der Waals surface area contributed by atoms with Crippen LogP contribution in [0.2, 0.25) is 5.02 Å². The van der Waals surface area contributed by atoms with Crippen LogP contribution >= 0.6 is 27.5 Å². The van der Waals surface area contributed by atoms with Crippen molar-refractivity contribution in [3.63, 3.8) is 0 Å². The molecule has 0 atom stereocenters. The maximum Gasteiger partial charge on any atom is 0.305 e. The lowest BCUT2D eigenvalue weighted by Crippen LogP contribution is -2.06. The first kappa shape index (κ1) is 20.1. The van der Waals surface area contributed by atoms with Gasteiger partial charge in [-0.05, 0) is 42.5 Å². The fourth-order valence-corrected chi connectivity index (χ4v) is 4.10. The number of fused-ring (bicyclic) bond motifs is 1. The van der Waals surface area contributed by atoms with Crippen molar-refractivity contribution >= 4 is 38.6 Å². The zero-order valence-corrected chi connectivity index (χ0v) is 17.8. The highest BCUT2D eigenvalue weighted by molar-refractivity contribution is 9.10. The van der Waals surface area contributed by atoms with Gasteiger partial charge in [0.15, 0.2) is 11.6 Å². The van der Waals surface area contributed by atoms with Crippen LogP contribution in [-0.2, 0) is 11.5 Å². The predicted octanol–water partition coefficient (Wildman–Crippen LogP) is 6.89. The first-order valence-corrected chi connectivity index (χ1v) is 9.97. The third kappa shape index (κ3) is 3.98. The van der Waals surface area contributed by atoms with Crippen LogP contribution in [0, 0.1) is 5.82 Å². The smallest absolute Gasteiger partial charge is 0.305 e. The van der Waals surface area contributed by atoms with E-state index in [1.807, 2.05) is 16.7 Å². The third-order valence-corrected chi connectivity index (χ3v) is 5.34. The molecule has 27 heavy (non-hydrogen) atoms. The molecule has 0 N–H and O–H groups in total. The van der Waals surface area contributed by atoms with E-state index in [2.05, 4.69) is 40.8 Å². The van der Waals surface area contributed by atoms with Gasteiger partial charge in [0.2, 0.25) is 0 Å². The van der Waals surface area contributed by atoms with Crippen LogP contribution in [0.3, 0.4) is 0 Å². The van der Waals surface area contributed by atoms with E-state index in [0.717, 1.165) is 23.9 Å². The molecule has 0 amide bonds. The molecule has 4 nitrogen and oxygen atoms in total. The van der Waals surface area contributed by atoms with Gasteiger partial charge < -0.3 is 9.47 Å². The number of benzene rings is 2. The molecule has 0 bridgehead atoms. The summed E-state index contributed by atoms with van der Waals surface area (Å²) in [5, 5.41) is 0.165. The van der Waals surface area contributed by atoms with E-state index in [0.29, 0.717) is 10.4 Å². The van der Waals surface area contributed by atoms with E-state index in [1.54, 1.807) is 13.2 Å². The largest absolute Gasteiger partial charge is 0.421 e. The Balaban J connectivity index is 2.17. The van der Waals surface area contributed by atoms with Gasteiger partial charge in [-0.15, -0.1) is 0 Å². The summed E-state index contributed by atoms with van der Waals surface area (Å²) in [7, 11) is 1.60. The molecular weight excluding hydrogens is 435 g/mol. The summed E-state index contributed by atoms with van der Waals surface area (Å²) < 4.78 is 27.9. The second-order valence-electron chi connectivity index (χ2n) is 6.27. The van der Waals surface area contributed by atoms with Gasteiger partial charge in [0.1, 0.15) is 6.73 Å². The van der Waals surface area contributed by atoms with Crippen LogP contribution in [0.15, 0.2) is 34.8 Å². The van der Waals surface area contributed by atoms with Crippen LogP contribution in [0.1, 0.15) is 38.2 Å². The van der Waals surface area contributed by atoms with Crippen molar-refractivity contribution in [3.05, 3.63) is 51.2 Å².